The number of halogens is 7. The number of alkyl halides is 6. The maximum Gasteiger partial charge on any atom is 0.443 e. The van der Waals surface area contributed by atoms with Gasteiger partial charge in [0.2, 0.25) is 0 Å². The Hall–Kier alpha value is -1.73. The molecule has 0 saturated carbocycles. The Balaban J connectivity index is 2.38. The van der Waals surface area contributed by atoms with Crippen LogP contribution in [0.2, 0.25) is 0 Å². The van der Waals surface area contributed by atoms with Crippen molar-refractivity contribution in [2.45, 2.75) is 30.0 Å². The van der Waals surface area contributed by atoms with Crippen LogP contribution in [-0.4, -0.2) is 34.4 Å². The van der Waals surface area contributed by atoms with Gasteiger partial charge in [-0.3, -0.25) is 15.0 Å². The van der Waals surface area contributed by atoms with Gasteiger partial charge in [-0.05, 0) is 18.6 Å². The maximum atomic E-state index is 14.5. The van der Waals surface area contributed by atoms with Gasteiger partial charge >= 0.3 is 12.4 Å². The Morgan fingerprint density at radius 1 is 1.28 bits per heavy atom. The zero-order valence-electron chi connectivity index (χ0n) is 12.4. The predicted molar refractivity (Wildman–Crippen MR) is 75.5 cm³/mol. The molecule has 1 aliphatic heterocycles. The standard InChI is InChI=1S/C12H11F7N4OS/c1-6-2-3-7(8(13)9(6)25(24)4-10(14,15)16)23-5-21-12(20,22-23)11(17,18)19/h2-3,5,22H,4,20H2,1H3. The zero-order chi connectivity index (χ0) is 19.2. The van der Waals surface area contributed by atoms with E-state index in [0.717, 1.165) is 12.1 Å². The topological polar surface area (TPSA) is 70.7 Å². The van der Waals surface area contributed by atoms with E-state index >= 15 is 0 Å². The van der Waals surface area contributed by atoms with Gasteiger partial charge in [-0.15, -0.1) is 0 Å². The highest BCUT2D eigenvalue weighted by Gasteiger charge is 2.56. The third-order valence-electron chi connectivity index (χ3n) is 3.16. The Kier molecular flexibility index (Phi) is 4.87. The number of hydrazine groups is 1. The first kappa shape index (κ1) is 19.6. The fraction of sp³-hybridized carbons (Fsp3) is 0.417. The Morgan fingerprint density at radius 3 is 2.36 bits per heavy atom. The van der Waals surface area contributed by atoms with E-state index in [1.165, 1.54) is 6.92 Å². The molecule has 0 fully saturated rings. The number of benzene rings is 1. The van der Waals surface area contributed by atoms with Gasteiger partial charge in [-0.1, -0.05) is 6.07 Å². The van der Waals surface area contributed by atoms with E-state index in [2.05, 4.69) is 4.99 Å². The second-order valence-corrected chi connectivity index (χ2v) is 6.53. The summed E-state index contributed by atoms with van der Waals surface area (Å²) in [7, 11) is -2.78. The van der Waals surface area contributed by atoms with Crippen LogP contribution in [-0.2, 0) is 10.8 Å². The van der Waals surface area contributed by atoms with E-state index in [0.29, 0.717) is 11.3 Å². The summed E-state index contributed by atoms with van der Waals surface area (Å²) in [5.74, 6) is -6.37. The first-order chi connectivity index (χ1) is 11.3. The van der Waals surface area contributed by atoms with E-state index in [9.17, 15) is 34.9 Å². The average molecular weight is 392 g/mol. The zero-order valence-corrected chi connectivity index (χ0v) is 13.2. The van der Waals surface area contributed by atoms with Crippen molar-refractivity contribution in [3.8, 4) is 0 Å². The molecule has 5 nitrogen and oxygen atoms in total. The summed E-state index contributed by atoms with van der Waals surface area (Å²) < 4.78 is 102. The first-order valence-electron chi connectivity index (χ1n) is 6.47. The highest BCUT2D eigenvalue weighted by atomic mass is 32.2. The maximum absolute atomic E-state index is 14.5. The first-order valence-corrected chi connectivity index (χ1v) is 7.79. The van der Waals surface area contributed by atoms with Gasteiger partial charge in [0.15, 0.2) is 5.82 Å². The van der Waals surface area contributed by atoms with Crippen molar-refractivity contribution in [1.29, 1.82) is 0 Å². The Bertz CT molecular complexity index is 733. The molecule has 1 aromatic rings. The quantitative estimate of drug-likeness (QED) is 0.775. The van der Waals surface area contributed by atoms with Crippen molar-refractivity contribution in [3.63, 3.8) is 0 Å². The summed E-state index contributed by atoms with van der Waals surface area (Å²) >= 11 is 0. The number of hydrogen-bond donors (Lipinski definition) is 2. The fourth-order valence-corrected chi connectivity index (χ4v) is 3.15. The monoisotopic (exact) mass is 392 g/mol. The van der Waals surface area contributed by atoms with E-state index in [-0.39, 0.29) is 5.56 Å². The van der Waals surface area contributed by atoms with E-state index in [1.807, 2.05) is 0 Å². The van der Waals surface area contributed by atoms with Gasteiger partial charge < -0.3 is 0 Å². The molecule has 2 unspecified atom stereocenters. The van der Waals surface area contributed by atoms with Crippen LogP contribution in [0.25, 0.3) is 0 Å². The lowest BCUT2D eigenvalue weighted by Gasteiger charge is -2.27. The summed E-state index contributed by atoms with van der Waals surface area (Å²) in [6, 6.07) is 2.13. The van der Waals surface area contributed by atoms with Crippen molar-refractivity contribution >= 4 is 22.8 Å². The van der Waals surface area contributed by atoms with Crippen LogP contribution in [0.15, 0.2) is 22.0 Å². The number of anilines is 1. The lowest BCUT2D eigenvalue weighted by Crippen LogP contribution is -2.63. The molecule has 0 aliphatic carbocycles. The fourth-order valence-electron chi connectivity index (χ4n) is 1.98. The number of nitrogens with zero attached hydrogens (tertiary/aromatic N) is 2. The summed E-state index contributed by atoms with van der Waals surface area (Å²) in [6.07, 6.45) is -9.28. The van der Waals surface area contributed by atoms with Gasteiger partial charge in [0, 0.05) is 0 Å². The number of nitrogens with one attached hydrogen (secondary N) is 1. The minimum Gasteiger partial charge on any atom is -0.285 e. The lowest BCUT2D eigenvalue weighted by atomic mass is 10.2. The molecule has 3 N–H and O–H groups in total. The molecule has 1 aliphatic rings. The van der Waals surface area contributed by atoms with E-state index in [4.69, 9.17) is 5.73 Å². The predicted octanol–water partition coefficient (Wildman–Crippen LogP) is 2.33. The van der Waals surface area contributed by atoms with Gasteiger partial charge in [-0.25, -0.2) is 9.38 Å². The molecule has 2 atom stereocenters. The largest absolute Gasteiger partial charge is 0.443 e. The number of hydrogen-bond acceptors (Lipinski definition) is 5. The molecule has 25 heavy (non-hydrogen) atoms. The second kappa shape index (κ2) is 6.21. The molecule has 2 rings (SSSR count). The SMILES string of the molecule is Cc1ccc(N2C=NC(N)(C(F)(F)F)N2)c(F)c1S(=O)CC(F)(F)F. The molecule has 0 amide bonds. The van der Waals surface area contributed by atoms with Crippen molar-refractivity contribution < 1.29 is 34.9 Å². The van der Waals surface area contributed by atoms with Crippen LogP contribution < -0.4 is 16.2 Å². The number of aliphatic imine (C=N–C) groups is 1. The highest BCUT2D eigenvalue weighted by molar-refractivity contribution is 7.85. The number of aryl methyl sites for hydroxylation is 1. The Morgan fingerprint density at radius 2 is 1.88 bits per heavy atom. The van der Waals surface area contributed by atoms with Crippen LogP contribution in [0, 0.1) is 12.7 Å². The average Bonchev–Trinajstić information content (AvgIpc) is 2.80. The molecule has 1 heterocycles. The van der Waals surface area contributed by atoms with Crippen molar-refractivity contribution in [2.75, 3.05) is 10.8 Å². The van der Waals surface area contributed by atoms with Gasteiger partial charge in [-0.2, -0.15) is 31.8 Å². The molecule has 140 valence electrons. The minimum atomic E-state index is -5.01. The molecule has 13 heteroatoms. The molecule has 0 radical (unpaired) electrons. The second-order valence-electron chi connectivity index (χ2n) is 5.14. The normalized spacial score (nSPS) is 22.5. The molecule has 1 aromatic carbocycles. The molecule has 0 spiro atoms. The minimum absolute atomic E-state index is 0.0465. The smallest absolute Gasteiger partial charge is 0.285 e. The molecule has 0 saturated heterocycles. The van der Waals surface area contributed by atoms with Crippen LogP contribution in [0.5, 0.6) is 0 Å². The molecule has 0 bridgehead atoms. The number of rotatable bonds is 3. The van der Waals surface area contributed by atoms with Crippen LogP contribution in [0.4, 0.5) is 36.4 Å². The lowest BCUT2D eigenvalue weighted by molar-refractivity contribution is -0.190. The van der Waals surface area contributed by atoms with Gasteiger partial charge in [0.1, 0.15) is 12.1 Å². The Labute approximate surface area is 139 Å². The van der Waals surface area contributed by atoms with Crippen molar-refractivity contribution in [3.05, 3.63) is 23.5 Å². The van der Waals surface area contributed by atoms with E-state index < -0.39 is 51.1 Å². The summed E-state index contributed by atoms with van der Waals surface area (Å²) in [5, 5.41) is 0.469. The summed E-state index contributed by atoms with van der Waals surface area (Å²) in [4.78, 5) is 2.26. The van der Waals surface area contributed by atoms with Crippen molar-refractivity contribution in [2.24, 2.45) is 10.7 Å². The molecular formula is C12H11F7N4OS. The molecule has 0 aromatic heterocycles. The van der Waals surface area contributed by atoms with Gasteiger partial charge in [0.05, 0.1) is 21.4 Å². The van der Waals surface area contributed by atoms with Crippen molar-refractivity contribution in [1.82, 2.24) is 5.43 Å². The summed E-state index contributed by atoms with van der Waals surface area (Å²) in [6.45, 7) is 1.23. The van der Waals surface area contributed by atoms with Crippen LogP contribution in [0.3, 0.4) is 0 Å². The summed E-state index contributed by atoms with van der Waals surface area (Å²) in [5.41, 5.74) is 6.07. The van der Waals surface area contributed by atoms with Gasteiger partial charge in [0.25, 0.3) is 5.79 Å². The third kappa shape index (κ3) is 3.93. The number of nitrogens with two attached hydrogens (primary N) is 1. The molecular weight excluding hydrogens is 381 g/mol. The highest BCUT2D eigenvalue weighted by Crippen LogP contribution is 2.34. The third-order valence-corrected chi connectivity index (χ3v) is 4.70. The van der Waals surface area contributed by atoms with E-state index in [1.54, 1.807) is 5.43 Å². The van der Waals surface area contributed by atoms with Crippen LogP contribution in [0.1, 0.15) is 5.56 Å². The van der Waals surface area contributed by atoms with Crippen LogP contribution >= 0.6 is 0 Å².